The molecule has 0 bridgehead atoms. The lowest BCUT2D eigenvalue weighted by Gasteiger charge is -2.33. The Balaban J connectivity index is 1.97. The van der Waals surface area contributed by atoms with Gasteiger partial charge in [-0.25, -0.2) is 4.98 Å². The topological polar surface area (TPSA) is 74.8 Å². The van der Waals surface area contributed by atoms with Gasteiger partial charge in [-0.1, -0.05) is 19.3 Å². The number of hydrogen-bond donors (Lipinski definition) is 3. The fourth-order valence-electron chi connectivity index (χ4n) is 3.20. The lowest BCUT2D eigenvalue weighted by molar-refractivity contribution is 0.332. The molecule has 1 aromatic rings. The summed E-state index contributed by atoms with van der Waals surface area (Å²) < 4.78 is 0. The van der Waals surface area contributed by atoms with E-state index in [1.807, 2.05) is 6.07 Å². The highest BCUT2D eigenvalue weighted by molar-refractivity contribution is 5.97. The van der Waals surface area contributed by atoms with Gasteiger partial charge in [0.2, 0.25) is 0 Å². The molecule has 2 heterocycles. The van der Waals surface area contributed by atoms with Crippen molar-refractivity contribution >= 4 is 11.7 Å². The molecule has 1 spiro atoms. The van der Waals surface area contributed by atoms with Gasteiger partial charge in [-0.05, 0) is 25.3 Å². The summed E-state index contributed by atoms with van der Waals surface area (Å²) >= 11 is 0. The Morgan fingerprint density at radius 2 is 2.12 bits per heavy atom. The number of aromatic nitrogens is 1. The average Bonchev–Trinajstić information content (AvgIpc) is 2.66. The van der Waals surface area contributed by atoms with Gasteiger partial charge in [-0.3, -0.25) is 5.41 Å². The highest BCUT2D eigenvalue weighted by Crippen LogP contribution is 2.41. The van der Waals surface area contributed by atoms with Gasteiger partial charge in [0, 0.05) is 22.9 Å². The Morgan fingerprint density at radius 1 is 1.35 bits per heavy atom. The van der Waals surface area contributed by atoms with E-state index in [1.54, 1.807) is 6.20 Å². The number of nitrogen functional groups attached to an aromatic ring is 1. The molecule has 90 valence electrons. The smallest absolute Gasteiger partial charge is 0.130 e. The molecule has 0 amide bonds. The molecule has 3 rings (SSSR count). The summed E-state index contributed by atoms with van der Waals surface area (Å²) in [6.07, 6.45) is 9.05. The Labute approximate surface area is 101 Å². The fourth-order valence-corrected chi connectivity index (χ4v) is 3.20. The molecule has 1 aliphatic heterocycles. The van der Waals surface area contributed by atoms with Crippen molar-refractivity contribution in [1.29, 1.82) is 5.41 Å². The van der Waals surface area contributed by atoms with Crippen molar-refractivity contribution in [3.8, 4) is 0 Å². The summed E-state index contributed by atoms with van der Waals surface area (Å²) in [7, 11) is 0. The van der Waals surface area contributed by atoms with Crippen molar-refractivity contribution in [2.24, 2.45) is 5.73 Å². The number of anilines is 1. The Kier molecular flexibility index (Phi) is 2.31. The van der Waals surface area contributed by atoms with Crippen LogP contribution in [0.1, 0.15) is 43.2 Å². The second-order valence-electron chi connectivity index (χ2n) is 5.24. The summed E-state index contributed by atoms with van der Waals surface area (Å²) in [5, 5.41) is 11.2. The van der Waals surface area contributed by atoms with Crippen LogP contribution in [0.25, 0.3) is 0 Å². The van der Waals surface area contributed by atoms with Crippen LogP contribution in [0.3, 0.4) is 0 Å². The van der Waals surface area contributed by atoms with Gasteiger partial charge in [0.25, 0.3) is 0 Å². The molecule has 4 heteroatoms. The molecule has 17 heavy (non-hydrogen) atoms. The van der Waals surface area contributed by atoms with Gasteiger partial charge >= 0.3 is 0 Å². The first-order valence-electron chi connectivity index (χ1n) is 6.31. The molecular formula is C13H18N4. The van der Waals surface area contributed by atoms with Crippen LogP contribution in [0.4, 0.5) is 5.82 Å². The second-order valence-corrected chi connectivity index (χ2v) is 5.24. The van der Waals surface area contributed by atoms with Crippen molar-refractivity contribution < 1.29 is 0 Å². The van der Waals surface area contributed by atoms with Crippen LogP contribution < -0.4 is 11.1 Å². The van der Waals surface area contributed by atoms with E-state index in [0.717, 1.165) is 23.4 Å². The zero-order valence-corrected chi connectivity index (χ0v) is 9.92. The third-order valence-electron chi connectivity index (χ3n) is 4.06. The van der Waals surface area contributed by atoms with Crippen LogP contribution >= 0.6 is 0 Å². The summed E-state index contributed by atoms with van der Waals surface area (Å²) in [6.45, 7) is 0. The molecule has 1 fully saturated rings. The summed E-state index contributed by atoms with van der Waals surface area (Å²) in [6, 6.07) is 1.85. The highest BCUT2D eigenvalue weighted by atomic mass is 15.1. The van der Waals surface area contributed by atoms with Crippen LogP contribution in [-0.2, 0) is 6.42 Å². The molecule has 1 aromatic heterocycles. The number of pyridine rings is 1. The molecule has 0 unspecified atom stereocenters. The summed E-state index contributed by atoms with van der Waals surface area (Å²) in [5.41, 5.74) is 7.82. The van der Waals surface area contributed by atoms with E-state index in [1.165, 1.54) is 32.1 Å². The van der Waals surface area contributed by atoms with E-state index in [4.69, 9.17) is 11.1 Å². The lowest BCUT2D eigenvalue weighted by Crippen LogP contribution is -2.38. The van der Waals surface area contributed by atoms with Crippen LogP contribution in [0.5, 0.6) is 0 Å². The van der Waals surface area contributed by atoms with Gasteiger partial charge in [0.05, 0.1) is 0 Å². The van der Waals surface area contributed by atoms with Crippen molar-refractivity contribution in [3.05, 3.63) is 23.4 Å². The van der Waals surface area contributed by atoms with Crippen LogP contribution in [0.15, 0.2) is 12.3 Å². The minimum Gasteiger partial charge on any atom is -0.384 e. The molecule has 4 nitrogen and oxygen atoms in total. The summed E-state index contributed by atoms with van der Waals surface area (Å²) in [5.74, 6) is 1.10. The number of nitrogens with zero attached hydrogens (tertiary/aromatic N) is 1. The van der Waals surface area contributed by atoms with Crippen LogP contribution in [0, 0.1) is 5.41 Å². The minimum absolute atomic E-state index is 0.151. The predicted molar refractivity (Wildman–Crippen MR) is 68.4 cm³/mol. The maximum atomic E-state index is 7.63. The molecule has 0 atom stereocenters. The number of nitrogens with one attached hydrogen (secondary N) is 2. The van der Waals surface area contributed by atoms with Gasteiger partial charge in [0.1, 0.15) is 11.7 Å². The molecule has 1 saturated carbocycles. The maximum Gasteiger partial charge on any atom is 0.130 e. The van der Waals surface area contributed by atoms with Crippen LogP contribution in [-0.4, -0.2) is 16.4 Å². The Morgan fingerprint density at radius 3 is 2.82 bits per heavy atom. The molecule has 0 saturated heterocycles. The number of amidine groups is 1. The quantitative estimate of drug-likeness (QED) is 0.510. The third kappa shape index (κ3) is 1.68. The first-order chi connectivity index (χ1) is 8.20. The normalized spacial score (nSPS) is 20.9. The van der Waals surface area contributed by atoms with Crippen LogP contribution in [0.2, 0.25) is 0 Å². The van der Waals surface area contributed by atoms with E-state index in [0.29, 0.717) is 0 Å². The molecule has 0 aromatic carbocycles. The maximum absolute atomic E-state index is 7.63. The largest absolute Gasteiger partial charge is 0.384 e. The first-order valence-corrected chi connectivity index (χ1v) is 6.31. The molecule has 2 aliphatic rings. The highest BCUT2D eigenvalue weighted by Gasteiger charge is 2.39. The van der Waals surface area contributed by atoms with E-state index in [9.17, 15) is 0 Å². The number of nitrogens with two attached hydrogens (primary N) is 1. The number of rotatable bonds is 1. The Bertz CT molecular complexity index is 460. The van der Waals surface area contributed by atoms with Gasteiger partial charge in [-0.15, -0.1) is 0 Å². The number of hydrogen-bond acceptors (Lipinski definition) is 3. The van der Waals surface area contributed by atoms with E-state index >= 15 is 0 Å². The fraction of sp³-hybridized carbons (Fsp3) is 0.538. The molecule has 0 radical (unpaired) electrons. The third-order valence-corrected chi connectivity index (χ3v) is 4.06. The van der Waals surface area contributed by atoms with Crippen molar-refractivity contribution in [3.63, 3.8) is 0 Å². The zero-order chi connectivity index (χ0) is 11.9. The van der Waals surface area contributed by atoms with E-state index in [2.05, 4.69) is 10.3 Å². The monoisotopic (exact) mass is 230 g/mol. The molecular weight excluding hydrogens is 212 g/mol. The average molecular weight is 230 g/mol. The summed E-state index contributed by atoms with van der Waals surface area (Å²) in [4.78, 5) is 4.39. The van der Waals surface area contributed by atoms with Crippen molar-refractivity contribution in [2.45, 2.75) is 44.1 Å². The van der Waals surface area contributed by atoms with Gasteiger partial charge in [0.15, 0.2) is 0 Å². The van der Waals surface area contributed by atoms with Crippen molar-refractivity contribution in [1.82, 2.24) is 4.98 Å². The minimum atomic E-state index is 0.151. The van der Waals surface area contributed by atoms with E-state index < -0.39 is 0 Å². The number of fused-ring (bicyclic) bond motifs is 1. The Hall–Kier alpha value is -1.58. The molecule has 1 aliphatic carbocycles. The van der Waals surface area contributed by atoms with Gasteiger partial charge in [-0.2, -0.15) is 0 Å². The van der Waals surface area contributed by atoms with Crippen molar-refractivity contribution in [2.75, 3.05) is 5.32 Å². The SMILES string of the molecule is N=C(N)c1ccnc2c1CC1(CCCCC1)N2. The standard InChI is InChI=1S/C13H18N4/c14-11(15)9-4-7-16-12-10(9)8-13(17-12)5-2-1-3-6-13/h4,7H,1-3,5-6,8H2,(H3,14,15)(H,16,17). The lowest BCUT2D eigenvalue weighted by atomic mass is 9.79. The van der Waals surface area contributed by atoms with E-state index in [-0.39, 0.29) is 11.4 Å². The molecule has 4 N–H and O–H groups in total. The van der Waals surface area contributed by atoms with Gasteiger partial charge < -0.3 is 11.1 Å². The second kappa shape index (κ2) is 3.72. The predicted octanol–water partition coefficient (Wildman–Crippen LogP) is 2.04. The first kappa shape index (κ1) is 10.6. The zero-order valence-electron chi connectivity index (χ0n) is 9.92.